The summed E-state index contributed by atoms with van der Waals surface area (Å²) in [6.45, 7) is 15.1. The first kappa shape index (κ1) is 49.6. The second-order valence-corrected chi connectivity index (χ2v) is 17.9. The van der Waals surface area contributed by atoms with Gasteiger partial charge in [-0.25, -0.2) is 18.6 Å². The lowest BCUT2D eigenvalue weighted by atomic mass is 10.0. The Morgan fingerprint density at radius 1 is 0.906 bits per heavy atom. The maximum absolute atomic E-state index is 15.6. The van der Waals surface area contributed by atoms with Gasteiger partial charge >= 0.3 is 6.09 Å². The molecule has 1 atom stereocenters. The summed E-state index contributed by atoms with van der Waals surface area (Å²) in [7, 11) is 5.30. The van der Waals surface area contributed by atoms with Gasteiger partial charge in [-0.15, -0.1) is 0 Å². The number of hydrogen-bond acceptors (Lipinski definition) is 8. The summed E-state index contributed by atoms with van der Waals surface area (Å²) in [6, 6.07) is 7.47. The van der Waals surface area contributed by atoms with Crippen LogP contribution in [0.4, 0.5) is 19.3 Å². The maximum atomic E-state index is 15.6. The van der Waals surface area contributed by atoms with Crippen LogP contribution in [0.2, 0.25) is 5.02 Å². The van der Waals surface area contributed by atoms with Gasteiger partial charge in [0.15, 0.2) is 17.5 Å². The first-order valence-electron chi connectivity index (χ1n) is 21.9. The molecule has 348 valence electrons. The fraction of sp³-hybridized carbons (Fsp3) is 0.522. The summed E-state index contributed by atoms with van der Waals surface area (Å²) in [5, 5.41) is 9.96. The number of rotatable bonds is 19. The third kappa shape index (κ3) is 12.7. The molecule has 1 fully saturated rings. The highest BCUT2D eigenvalue weighted by Crippen LogP contribution is 2.33. The van der Waals surface area contributed by atoms with Gasteiger partial charge in [0.25, 0.3) is 11.8 Å². The smallest absolute Gasteiger partial charge is 0.407 e. The number of benzene rings is 2. The third-order valence-electron chi connectivity index (χ3n) is 11.5. The van der Waals surface area contributed by atoms with Crippen molar-refractivity contribution in [3.63, 3.8) is 0 Å². The number of carbonyl (C=O) groups excluding carboxylic acids is 4. The van der Waals surface area contributed by atoms with Crippen molar-refractivity contribution in [2.24, 2.45) is 7.05 Å². The topological polar surface area (TPSA) is 153 Å². The number of ether oxygens (including phenoxy) is 2. The lowest BCUT2D eigenvalue weighted by Gasteiger charge is -2.36. The zero-order valence-corrected chi connectivity index (χ0v) is 39.1. The predicted octanol–water partition coefficient (Wildman–Crippen LogP) is 7.32. The molecular weight excluding hydrogens is 848 g/mol. The molecule has 18 heteroatoms. The quantitative estimate of drug-likeness (QED) is 0.0734. The molecular formula is C46H63ClF2N9O6+. The van der Waals surface area contributed by atoms with E-state index in [0.29, 0.717) is 69.2 Å². The van der Waals surface area contributed by atoms with Crippen molar-refractivity contribution in [3.8, 4) is 22.4 Å². The van der Waals surface area contributed by atoms with E-state index in [-0.39, 0.29) is 45.0 Å². The fourth-order valence-electron chi connectivity index (χ4n) is 7.83. The lowest BCUT2D eigenvalue weighted by molar-refractivity contribution is -0.910. The van der Waals surface area contributed by atoms with E-state index in [1.165, 1.54) is 48.3 Å². The van der Waals surface area contributed by atoms with Crippen LogP contribution in [0.1, 0.15) is 86.5 Å². The summed E-state index contributed by atoms with van der Waals surface area (Å²) >= 11 is 6.59. The average Bonchev–Trinajstić information content (AvgIpc) is 3.82. The largest absolute Gasteiger partial charge is 0.444 e. The highest BCUT2D eigenvalue weighted by molar-refractivity contribution is 6.34. The minimum Gasteiger partial charge on any atom is -0.444 e. The number of piperazine rings is 1. The molecule has 1 aliphatic heterocycles. The summed E-state index contributed by atoms with van der Waals surface area (Å²) < 4.78 is 45.4. The van der Waals surface area contributed by atoms with Crippen LogP contribution in [-0.4, -0.2) is 136 Å². The molecule has 3 heterocycles. The van der Waals surface area contributed by atoms with E-state index in [9.17, 15) is 19.2 Å². The van der Waals surface area contributed by atoms with Crippen molar-refractivity contribution in [3.05, 3.63) is 76.5 Å². The number of methoxy groups -OCH3 is 1. The van der Waals surface area contributed by atoms with Crippen molar-refractivity contribution >= 4 is 41.1 Å². The Kier molecular flexibility index (Phi) is 17.1. The van der Waals surface area contributed by atoms with Crippen LogP contribution in [-0.2, 0) is 27.9 Å². The molecule has 15 nitrogen and oxygen atoms in total. The Balaban J connectivity index is 1.11. The van der Waals surface area contributed by atoms with Crippen molar-refractivity contribution in [1.82, 2.24) is 34.4 Å². The molecule has 1 saturated heterocycles. The second-order valence-electron chi connectivity index (χ2n) is 17.5. The summed E-state index contributed by atoms with van der Waals surface area (Å²) in [5.41, 5.74) is 1.29. The van der Waals surface area contributed by atoms with E-state index in [2.05, 4.69) is 34.7 Å². The molecule has 1 unspecified atom stereocenters. The molecule has 0 radical (unpaired) electrons. The molecule has 4 amide bonds. The van der Waals surface area contributed by atoms with Gasteiger partial charge in [0.1, 0.15) is 5.60 Å². The van der Waals surface area contributed by atoms with E-state index in [0.717, 1.165) is 49.8 Å². The number of amides is 4. The van der Waals surface area contributed by atoms with E-state index in [1.807, 2.05) is 20.8 Å². The minimum atomic E-state index is -1.09. The van der Waals surface area contributed by atoms with Crippen molar-refractivity contribution < 1.29 is 41.9 Å². The van der Waals surface area contributed by atoms with Gasteiger partial charge < -0.3 is 39.0 Å². The number of quaternary nitrogens is 1. The molecule has 5 rings (SSSR count). The SMILES string of the molecule is CCCC[N+](C)(CCCNC(=O)OC(C)(C)C)CCCC(=O)N1CCN(C(=O)c2ccc(NC(=O)c3ncc(-c4ccc(-c5cnn(CCOC)c5C)c(F)c4F)n3C)cc2Cl)CC1. The number of aromatic nitrogens is 4. The van der Waals surface area contributed by atoms with E-state index < -0.39 is 29.2 Å². The maximum Gasteiger partial charge on any atom is 0.407 e. The number of hydrogen-bond donors (Lipinski definition) is 2. The molecule has 0 aliphatic carbocycles. The Morgan fingerprint density at radius 3 is 2.23 bits per heavy atom. The van der Waals surface area contributed by atoms with Crippen molar-refractivity contribution in [2.75, 3.05) is 78.4 Å². The first-order chi connectivity index (χ1) is 30.4. The van der Waals surface area contributed by atoms with Crippen LogP contribution in [0.15, 0.2) is 42.7 Å². The number of nitrogens with zero attached hydrogens (tertiary/aromatic N) is 7. The van der Waals surface area contributed by atoms with Gasteiger partial charge in [-0.1, -0.05) is 31.0 Å². The normalized spacial score (nSPS) is 14.0. The van der Waals surface area contributed by atoms with Crippen LogP contribution in [0.25, 0.3) is 22.4 Å². The number of halogens is 3. The zero-order chi connectivity index (χ0) is 46.8. The van der Waals surface area contributed by atoms with Crippen LogP contribution >= 0.6 is 11.6 Å². The minimum absolute atomic E-state index is 0.0571. The molecule has 2 aromatic carbocycles. The van der Waals surface area contributed by atoms with Crippen LogP contribution in [0.5, 0.6) is 0 Å². The molecule has 0 bridgehead atoms. The molecule has 4 aromatic rings. The number of nitrogens with one attached hydrogen (secondary N) is 2. The lowest BCUT2D eigenvalue weighted by Crippen LogP contribution is -2.51. The third-order valence-corrected chi connectivity index (χ3v) is 11.8. The monoisotopic (exact) mass is 910 g/mol. The molecule has 0 saturated carbocycles. The van der Waals surface area contributed by atoms with Gasteiger partial charge in [0, 0.05) is 94.2 Å². The van der Waals surface area contributed by atoms with Gasteiger partial charge in [0.2, 0.25) is 5.91 Å². The average molecular weight is 912 g/mol. The van der Waals surface area contributed by atoms with Crippen LogP contribution < -0.4 is 10.6 Å². The Labute approximate surface area is 379 Å². The standard InChI is InChI=1S/C46H62ClF2N9O6/c1-9-10-24-58(7,26-12-18-50-45(62)64-46(3,4)5)25-11-13-39(59)55-19-21-56(22-20-55)44(61)34-15-14-32(28-37(34)47)53-43(60)42-51-30-38(54(42)6)35-17-16-33(40(48)41(35)49)36-29-52-57(31(36)2)23-27-63-8/h14-17,28-30H,9-13,18-27H2,1-8H3,(H-,50,53,60,61,62)/p+1. The van der Waals surface area contributed by atoms with Crippen molar-refractivity contribution in [1.29, 1.82) is 0 Å². The molecule has 1 aliphatic rings. The fourth-order valence-corrected chi connectivity index (χ4v) is 8.09. The van der Waals surface area contributed by atoms with E-state index >= 15 is 8.78 Å². The second kappa shape index (κ2) is 22.0. The highest BCUT2D eigenvalue weighted by Gasteiger charge is 2.28. The number of carbonyl (C=O) groups is 4. The summed E-state index contributed by atoms with van der Waals surface area (Å²) in [6.07, 6.45) is 6.45. The van der Waals surface area contributed by atoms with Gasteiger partial charge in [-0.05, 0) is 58.4 Å². The van der Waals surface area contributed by atoms with Crippen LogP contribution in [0.3, 0.4) is 0 Å². The Morgan fingerprint density at radius 2 is 1.56 bits per heavy atom. The molecule has 2 aromatic heterocycles. The summed E-state index contributed by atoms with van der Waals surface area (Å²) in [4.78, 5) is 59.9. The number of unbranched alkanes of at least 4 members (excludes halogenated alkanes) is 1. The predicted molar refractivity (Wildman–Crippen MR) is 242 cm³/mol. The van der Waals surface area contributed by atoms with Gasteiger partial charge in [-0.3, -0.25) is 19.1 Å². The van der Waals surface area contributed by atoms with Crippen molar-refractivity contribution in [2.45, 2.75) is 78.9 Å². The molecule has 0 spiro atoms. The summed E-state index contributed by atoms with van der Waals surface area (Å²) in [5.74, 6) is -3.06. The zero-order valence-electron chi connectivity index (χ0n) is 38.4. The molecule has 64 heavy (non-hydrogen) atoms. The number of anilines is 1. The number of imidazole rings is 1. The highest BCUT2D eigenvalue weighted by atomic mass is 35.5. The van der Waals surface area contributed by atoms with Gasteiger partial charge in [0.05, 0.1) is 68.5 Å². The van der Waals surface area contributed by atoms with Crippen LogP contribution in [0, 0.1) is 18.6 Å². The molecule has 2 N–H and O–H groups in total. The van der Waals surface area contributed by atoms with E-state index in [4.69, 9.17) is 21.1 Å². The Bertz CT molecular complexity index is 2280. The first-order valence-corrected chi connectivity index (χ1v) is 22.2. The Hall–Kier alpha value is -5.39. The van der Waals surface area contributed by atoms with Gasteiger partial charge in [-0.2, -0.15) is 5.10 Å². The van der Waals surface area contributed by atoms with E-state index in [1.54, 1.807) is 34.6 Å². The number of alkyl carbamates (subject to hydrolysis) is 1.